The SMILES string of the molecule is Nc1ccccc1N=Cc1cccc(Oc2ccccc2)c1. The predicted molar refractivity (Wildman–Crippen MR) is 91.1 cm³/mol. The second-order valence-corrected chi connectivity index (χ2v) is 4.80. The number of nitrogens with zero attached hydrogens (tertiary/aromatic N) is 1. The van der Waals surface area contributed by atoms with Gasteiger partial charge in [0.25, 0.3) is 0 Å². The molecule has 3 rings (SSSR count). The molecule has 108 valence electrons. The van der Waals surface area contributed by atoms with Crippen LogP contribution >= 0.6 is 0 Å². The van der Waals surface area contributed by atoms with Crippen LogP contribution in [-0.4, -0.2) is 6.21 Å². The smallest absolute Gasteiger partial charge is 0.128 e. The summed E-state index contributed by atoms with van der Waals surface area (Å²) in [5.41, 5.74) is 8.26. The Morgan fingerprint density at radius 1 is 0.773 bits per heavy atom. The Morgan fingerprint density at radius 3 is 2.32 bits per heavy atom. The van der Waals surface area contributed by atoms with Crippen molar-refractivity contribution in [1.29, 1.82) is 0 Å². The van der Waals surface area contributed by atoms with Gasteiger partial charge in [0.15, 0.2) is 0 Å². The van der Waals surface area contributed by atoms with Crippen molar-refractivity contribution >= 4 is 17.6 Å². The molecule has 0 amide bonds. The standard InChI is InChI=1S/C19H16N2O/c20-18-11-4-5-12-19(18)21-14-15-7-6-10-17(13-15)22-16-8-2-1-3-9-16/h1-14H,20H2. The Balaban J connectivity index is 1.78. The second kappa shape index (κ2) is 6.59. The lowest BCUT2D eigenvalue weighted by Gasteiger charge is -2.05. The zero-order valence-electron chi connectivity index (χ0n) is 12.0. The molecule has 0 unspecified atom stereocenters. The molecule has 3 heteroatoms. The monoisotopic (exact) mass is 288 g/mol. The van der Waals surface area contributed by atoms with E-state index in [1.807, 2.05) is 78.9 Å². The number of aliphatic imine (C=N–C) groups is 1. The molecule has 0 atom stereocenters. The minimum Gasteiger partial charge on any atom is -0.457 e. The zero-order chi connectivity index (χ0) is 15.2. The summed E-state index contributed by atoms with van der Waals surface area (Å²) in [5, 5.41) is 0. The van der Waals surface area contributed by atoms with Crippen molar-refractivity contribution in [3.05, 3.63) is 84.4 Å². The third-order valence-electron chi connectivity index (χ3n) is 3.13. The van der Waals surface area contributed by atoms with Crippen LogP contribution in [0.3, 0.4) is 0 Å². The van der Waals surface area contributed by atoms with Crippen LogP contribution in [0.2, 0.25) is 0 Å². The Labute approximate surface area is 129 Å². The first-order valence-electron chi connectivity index (χ1n) is 7.03. The molecule has 2 N–H and O–H groups in total. The van der Waals surface area contributed by atoms with E-state index in [2.05, 4.69) is 4.99 Å². The first-order valence-corrected chi connectivity index (χ1v) is 7.03. The number of benzene rings is 3. The molecule has 0 aliphatic rings. The van der Waals surface area contributed by atoms with Crippen molar-refractivity contribution in [1.82, 2.24) is 0 Å². The maximum absolute atomic E-state index is 5.88. The summed E-state index contributed by atoms with van der Waals surface area (Å²) in [7, 11) is 0. The molecule has 3 aromatic rings. The van der Waals surface area contributed by atoms with Gasteiger partial charge in [0.1, 0.15) is 11.5 Å². The fraction of sp³-hybridized carbons (Fsp3) is 0. The number of nitrogen functional groups attached to an aromatic ring is 1. The Kier molecular flexibility index (Phi) is 4.16. The molecule has 0 saturated carbocycles. The number of hydrogen-bond donors (Lipinski definition) is 1. The largest absolute Gasteiger partial charge is 0.457 e. The van der Waals surface area contributed by atoms with E-state index in [4.69, 9.17) is 10.5 Å². The van der Waals surface area contributed by atoms with Crippen LogP contribution in [0.1, 0.15) is 5.56 Å². The van der Waals surface area contributed by atoms with E-state index in [0.29, 0.717) is 5.69 Å². The van der Waals surface area contributed by atoms with Crippen molar-refractivity contribution in [2.45, 2.75) is 0 Å². The number of nitrogens with two attached hydrogens (primary N) is 1. The number of anilines is 1. The summed E-state index contributed by atoms with van der Waals surface area (Å²) in [5.74, 6) is 1.58. The second-order valence-electron chi connectivity index (χ2n) is 4.80. The molecule has 3 aromatic carbocycles. The predicted octanol–water partition coefficient (Wildman–Crippen LogP) is 4.81. The Bertz CT molecular complexity index is 782. The van der Waals surface area contributed by atoms with E-state index in [1.54, 1.807) is 6.21 Å². The lowest BCUT2D eigenvalue weighted by molar-refractivity contribution is 0.482. The van der Waals surface area contributed by atoms with Gasteiger partial charge in [0.2, 0.25) is 0 Å². The number of rotatable bonds is 4. The molecule has 0 bridgehead atoms. The molecular formula is C19H16N2O. The number of hydrogen-bond acceptors (Lipinski definition) is 3. The lowest BCUT2D eigenvalue weighted by Crippen LogP contribution is -1.87. The van der Waals surface area contributed by atoms with Crippen molar-refractivity contribution in [3.8, 4) is 11.5 Å². The molecule has 0 spiro atoms. The summed E-state index contributed by atoms with van der Waals surface area (Å²) in [4.78, 5) is 4.42. The first kappa shape index (κ1) is 13.9. The highest BCUT2D eigenvalue weighted by molar-refractivity contribution is 5.84. The third-order valence-corrected chi connectivity index (χ3v) is 3.13. The van der Waals surface area contributed by atoms with Crippen molar-refractivity contribution in [2.75, 3.05) is 5.73 Å². The number of ether oxygens (including phenoxy) is 1. The fourth-order valence-electron chi connectivity index (χ4n) is 2.03. The number of para-hydroxylation sites is 3. The highest BCUT2D eigenvalue weighted by atomic mass is 16.5. The molecule has 0 radical (unpaired) electrons. The minimum absolute atomic E-state index is 0.662. The Morgan fingerprint density at radius 2 is 1.50 bits per heavy atom. The van der Waals surface area contributed by atoms with E-state index in [1.165, 1.54) is 0 Å². The van der Waals surface area contributed by atoms with Gasteiger partial charge in [0, 0.05) is 6.21 Å². The molecular weight excluding hydrogens is 272 g/mol. The van der Waals surface area contributed by atoms with Gasteiger partial charge in [-0.1, -0.05) is 42.5 Å². The Hall–Kier alpha value is -3.07. The zero-order valence-corrected chi connectivity index (χ0v) is 12.0. The average molecular weight is 288 g/mol. The van der Waals surface area contributed by atoms with Gasteiger partial charge in [-0.05, 0) is 42.0 Å². The third kappa shape index (κ3) is 3.52. The molecule has 0 aliphatic heterocycles. The highest BCUT2D eigenvalue weighted by Gasteiger charge is 1.98. The van der Waals surface area contributed by atoms with Crippen molar-refractivity contribution < 1.29 is 4.74 Å². The van der Waals surface area contributed by atoms with E-state index < -0.39 is 0 Å². The quantitative estimate of drug-likeness (QED) is 0.553. The van der Waals surface area contributed by atoms with Gasteiger partial charge in [-0.3, -0.25) is 4.99 Å². The van der Waals surface area contributed by atoms with Gasteiger partial charge in [-0.15, -0.1) is 0 Å². The van der Waals surface area contributed by atoms with Gasteiger partial charge in [0.05, 0.1) is 11.4 Å². The topological polar surface area (TPSA) is 47.6 Å². The highest BCUT2D eigenvalue weighted by Crippen LogP contribution is 2.23. The van der Waals surface area contributed by atoms with Crippen LogP contribution in [0.4, 0.5) is 11.4 Å². The van der Waals surface area contributed by atoms with Crippen LogP contribution in [0.15, 0.2) is 83.9 Å². The van der Waals surface area contributed by atoms with Gasteiger partial charge in [-0.2, -0.15) is 0 Å². The first-order chi connectivity index (χ1) is 10.8. The molecule has 0 saturated heterocycles. The van der Waals surface area contributed by atoms with E-state index in [0.717, 1.165) is 22.7 Å². The molecule has 0 fully saturated rings. The molecule has 22 heavy (non-hydrogen) atoms. The van der Waals surface area contributed by atoms with Crippen LogP contribution in [-0.2, 0) is 0 Å². The lowest BCUT2D eigenvalue weighted by atomic mass is 10.2. The van der Waals surface area contributed by atoms with Crippen LogP contribution in [0.25, 0.3) is 0 Å². The molecule has 3 nitrogen and oxygen atoms in total. The van der Waals surface area contributed by atoms with E-state index in [-0.39, 0.29) is 0 Å². The molecule has 0 heterocycles. The summed E-state index contributed by atoms with van der Waals surface area (Å²) in [6, 6.07) is 25.0. The van der Waals surface area contributed by atoms with Crippen molar-refractivity contribution in [3.63, 3.8) is 0 Å². The molecule has 0 aliphatic carbocycles. The maximum atomic E-state index is 5.88. The van der Waals surface area contributed by atoms with E-state index in [9.17, 15) is 0 Å². The van der Waals surface area contributed by atoms with Crippen LogP contribution in [0, 0.1) is 0 Å². The summed E-state index contributed by atoms with van der Waals surface area (Å²) in [6.07, 6.45) is 1.78. The van der Waals surface area contributed by atoms with Gasteiger partial charge in [-0.25, -0.2) is 0 Å². The summed E-state index contributed by atoms with van der Waals surface area (Å²) < 4.78 is 5.81. The summed E-state index contributed by atoms with van der Waals surface area (Å²) >= 11 is 0. The normalized spacial score (nSPS) is 10.7. The maximum Gasteiger partial charge on any atom is 0.128 e. The van der Waals surface area contributed by atoms with Gasteiger partial charge >= 0.3 is 0 Å². The fourth-order valence-corrected chi connectivity index (χ4v) is 2.03. The molecule has 0 aromatic heterocycles. The minimum atomic E-state index is 0.662. The average Bonchev–Trinajstić information content (AvgIpc) is 2.55. The van der Waals surface area contributed by atoms with Crippen LogP contribution in [0.5, 0.6) is 11.5 Å². The van der Waals surface area contributed by atoms with E-state index >= 15 is 0 Å². The summed E-state index contributed by atoms with van der Waals surface area (Å²) in [6.45, 7) is 0. The van der Waals surface area contributed by atoms with Crippen LogP contribution < -0.4 is 10.5 Å². The van der Waals surface area contributed by atoms with Gasteiger partial charge < -0.3 is 10.5 Å². The van der Waals surface area contributed by atoms with Crippen molar-refractivity contribution in [2.24, 2.45) is 4.99 Å².